The molecule has 86 valence electrons. The Morgan fingerprint density at radius 2 is 2.24 bits per heavy atom. The minimum Gasteiger partial charge on any atom is -0.248 e. The van der Waals surface area contributed by atoms with Crippen LogP contribution in [0, 0.1) is 0 Å². The van der Waals surface area contributed by atoms with Gasteiger partial charge in [-0.1, -0.05) is 49.4 Å². The van der Waals surface area contributed by atoms with Crippen molar-refractivity contribution in [2.45, 2.75) is 19.8 Å². The van der Waals surface area contributed by atoms with Gasteiger partial charge in [-0.2, -0.15) is 0 Å². The van der Waals surface area contributed by atoms with E-state index in [1.54, 1.807) is 6.08 Å². The van der Waals surface area contributed by atoms with Gasteiger partial charge < -0.3 is 0 Å². The molecule has 1 aromatic rings. The second-order valence-electron chi connectivity index (χ2n) is 4.01. The highest BCUT2D eigenvalue weighted by molar-refractivity contribution is 5.76. The molecule has 0 atom stereocenters. The summed E-state index contributed by atoms with van der Waals surface area (Å²) in [6, 6.07) is 6.07. The van der Waals surface area contributed by atoms with Crippen molar-refractivity contribution in [3.63, 3.8) is 0 Å². The molecule has 0 aromatic carbocycles. The van der Waals surface area contributed by atoms with Gasteiger partial charge in [-0.25, -0.2) is 4.98 Å². The van der Waals surface area contributed by atoms with Crippen LogP contribution in [0.2, 0.25) is 0 Å². The fourth-order valence-corrected chi connectivity index (χ4v) is 1.98. The standard InChI is InChI=1S/C16H17N/c1-3-13-9-6-5-7-11-15(13)16-12-8-10-14(4-2)17-16/h4-8,10-12H,2-3,9H2,1H3. The van der Waals surface area contributed by atoms with Crippen LogP contribution in [0.15, 0.2) is 54.7 Å². The first-order chi connectivity index (χ1) is 8.35. The second-order valence-corrected chi connectivity index (χ2v) is 4.01. The van der Waals surface area contributed by atoms with E-state index in [2.05, 4.69) is 48.9 Å². The van der Waals surface area contributed by atoms with Crippen molar-refractivity contribution in [3.8, 4) is 0 Å². The summed E-state index contributed by atoms with van der Waals surface area (Å²) in [5, 5.41) is 0. The number of hydrogen-bond donors (Lipinski definition) is 0. The molecular weight excluding hydrogens is 206 g/mol. The van der Waals surface area contributed by atoms with Gasteiger partial charge >= 0.3 is 0 Å². The smallest absolute Gasteiger partial charge is 0.0708 e. The number of rotatable bonds is 3. The summed E-state index contributed by atoms with van der Waals surface area (Å²) >= 11 is 0. The van der Waals surface area contributed by atoms with Crippen molar-refractivity contribution in [1.82, 2.24) is 4.98 Å². The van der Waals surface area contributed by atoms with Crippen molar-refractivity contribution in [3.05, 3.63) is 66.0 Å². The molecule has 0 N–H and O–H groups in total. The predicted octanol–water partition coefficient (Wildman–Crippen LogP) is 4.40. The Hall–Kier alpha value is -1.89. The highest BCUT2D eigenvalue weighted by atomic mass is 14.7. The molecule has 0 unspecified atom stereocenters. The van der Waals surface area contributed by atoms with Gasteiger partial charge in [0.15, 0.2) is 0 Å². The molecule has 1 aromatic heterocycles. The third kappa shape index (κ3) is 2.62. The molecule has 0 bridgehead atoms. The Morgan fingerprint density at radius 1 is 1.35 bits per heavy atom. The van der Waals surface area contributed by atoms with Crippen molar-refractivity contribution in [1.29, 1.82) is 0 Å². The first kappa shape index (κ1) is 11.6. The minimum absolute atomic E-state index is 0.927. The maximum absolute atomic E-state index is 4.60. The van der Waals surface area contributed by atoms with E-state index >= 15 is 0 Å². The fourth-order valence-electron chi connectivity index (χ4n) is 1.98. The molecule has 1 heteroatoms. The van der Waals surface area contributed by atoms with E-state index < -0.39 is 0 Å². The molecule has 1 nitrogen and oxygen atoms in total. The zero-order chi connectivity index (χ0) is 12.1. The minimum atomic E-state index is 0.927. The number of aromatic nitrogens is 1. The monoisotopic (exact) mass is 223 g/mol. The van der Waals surface area contributed by atoms with Crippen LogP contribution in [0.1, 0.15) is 31.2 Å². The topological polar surface area (TPSA) is 12.9 Å². The normalized spacial score (nSPS) is 14.9. The lowest BCUT2D eigenvalue weighted by Crippen LogP contribution is -1.93. The molecule has 0 radical (unpaired) electrons. The van der Waals surface area contributed by atoms with Crippen LogP contribution in [0.25, 0.3) is 11.6 Å². The van der Waals surface area contributed by atoms with Crippen LogP contribution in [0.4, 0.5) is 0 Å². The van der Waals surface area contributed by atoms with E-state index in [0.717, 1.165) is 24.2 Å². The highest BCUT2D eigenvalue weighted by Gasteiger charge is 2.07. The number of hydrogen-bond acceptors (Lipinski definition) is 1. The van der Waals surface area contributed by atoms with E-state index in [4.69, 9.17) is 0 Å². The number of nitrogens with zero attached hydrogens (tertiary/aromatic N) is 1. The van der Waals surface area contributed by atoms with Crippen molar-refractivity contribution in [2.75, 3.05) is 0 Å². The van der Waals surface area contributed by atoms with Gasteiger partial charge in [0.25, 0.3) is 0 Å². The van der Waals surface area contributed by atoms with Gasteiger partial charge in [-0.3, -0.25) is 0 Å². The molecule has 1 aliphatic carbocycles. The third-order valence-electron chi connectivity index (χ3n) is 2.94. The maximum Gasteiger partial charge on any atom is 0.0708 e. The zero-order valence-electron chi connectivity index (χ0n) is 10.2. The van der Waals surface area contributed by atoms with E-state index in [9.17, 15) is 0 Å². The zero-order valence-corrected chi connectivity index (χ0v) is 10.2. The van der Waals surface area contributed by atoms with E-state index in [-0.39, 0.29) is 0 Å². The van der Waals surface area contributed by atoms with Gasteiger partial charge in [-0.15, -0.1) is 0 Å². The first-order valence-electron chi connectivity index (χ1n) is 6.00. The van der Waals surface area contributed by atoms with E-state index in [1.165, 1.54) is 11.1 Å². The third-order valence-corrected chi connectivity index (χ3v) is 2.94. The molecule has 17 heavy (non-hydrogen) atoms. The molecule has 0 spiro atoms. The van der Waals surface area contributed by atoms with Crippen LogP contribution in [-0.4, -0.2) is 4.98 Å². The quantitative estimate of drug-likeness (QED) is 0.740. The van der Waals surface area contributed by atoms with Crippen LogP contribution in [0.3, 0.4) is 0 Å². The molecule has 0 saturated heterocycles. The van der Waals surface area contributed by atoms with Gasteiger partial charge in [0.1, 0.15) is 0 Å². The Balaban J connectivity index is 2.49. The van der Waals surface area contributed by atoms with Crippen molar-refractivity contribution in [2.24, 2.45) is 0 Å². The van der Waals surface area contributed by atoms with Gasteiger partial charge in [0.2, 0.25) is 0 Å². The molecular formula is C16H17N. The van der Waals surface area contributed by atoms with Gasteiger partial charge in [-0.05, 0) is 36.6 Å². The molecule has 0 fully saturated rings. The van der Waals surface area contributed by atoms with Crippen LogP contribution >= 0.6 is 0 Å². The van der Waals surface area contributed by atoms with Gasteiger partial charge in [0, 0.05) is 0 Å². The molecule has 0 aliphatic heterocycles. The number of allylic oxidation sites excluding steroid dienone is 6. The van der Waals surface area contributed by atoms with E-state index in [0.29, 0.717) is 0 Å². The first-order valence-corrected chi connectivity index (χ1v) is 6.00. The molecule has 0 amide bonds. The van der Waals surface area contributed by atoms with Crippen molar-refractivity contribution < 1.29 is 0 Å². The summed E-state index contributed by atoms with van der Waals surface area (Å²) in [5.41, 5.74) is 4.65. The average molecular weight is 223 g/mol. The van der Waals surface area contributed by atoms with Crippen LogP contribution in [-0.2, 0) is 0 Å². The second kappa shape index (κ2) is 5.44. The molecule has 1 aliphatic rings. The van der Waals surface area contributed by atoms with Crippen LogP contribution < -0.4 is 0 Å². The molecule has 0 saturated carbocycles. The van der Waals surface area contributed by atoms with Gasteiger partial charge in [0.05, 0.1) is 11.4 Å². The lowest BCUT2D eigenvalue weighted by atomic mass is 10.00. The lowest BCUT2D eigenvalue weighted by molar-refractivity contribution is 1.03. The summed E-state index contributed by atoms with van der Waals surface area (Å²) < 4.78 is 0. The van der Waals surface area contributed by atoms with E-state index in [1.807, 2.05) is 12.1 Å². The molecule has 1 heterocycles. The summed E-state index contributed by atoms with van der Waals surface area (Å²) in [6.07, 6.45) is 12.4. The average Bonchev–Trinajstić information content (AvgIpc) is 2.63. The summed E-state index contributed by atoms with van der Waals surface area (Å²) in [7, 11) is 0. The predicted molar refractivity (Wildman–Crippen MR) is 74.4 cm³/mol. The number of pyridine rings is 1. The Morgan fingerprint density at radius 3 is 3.00 bits per heavy atom. The fraction of sp³-hybridized carbons (Fsp3) is 0.188. The molecule has 2 rings (SSSR count). The Bertz CT molecular complexity index is 504. The largest absolute Gasteiger partial charge is 0.248 e. The van der Waals surface area contributed by atoms with Crippen molar-refractivity contribution >= 4 is 11.6 Å². The summed E-state index contributed by atoms with van der Waals surface area (Å²) in [6.45, 7) is 5.96. The summed E-state index contributed by atoms with van der Waals surface area (Å²) in [4.78, 5) is 4.60. The highest BCUT2D eigenvalue weighted by Crippen LogP contribution is 2.25. The Labute approximate surface area is 103 Å². The lowest BCUT2D eigenvalue weighted by Gasteiger charge is -2.09. The summed E-state index contributed by atoms with van der Waals surface area (Å²) in [5.74, 6) is 0. The Kier molecular flexibility index (Phi) is 3.71. The SMILES string of the molecule is C=Cc1cccc(C2=C(CC)CC=CC=C2)n1. The maximum atomic E-state index is 4.60. The van der Waals surface area contributed by atoms with Crippen LogP contribution in [0.5, 0.6) is 0 Å².